The van der Waals surface area contributed by atoms with E-state index in [0.29, 0.717) is 0 Å². The molecule has 0 aliphatic rings. The van der Waals surface area contributed by atoms with E-state index < -0.39 is 0 Å². The molecular weight excluding hydrogens is 248 g/mol. The first kappa shape index (κ1) is 14.7. The van der Waals surface area contributed by atoms with Gasteiger partial charge in [0.2, 0.25) is 0 Å². The SMILES string of the molecule is CCCNC(Cc1ccncc1)c1nccn1CCC. The van der Waals surface area contributed by atoms with E-state index in [1.54, 1.807) is 0 Å². The summed E-state index contributed by atoms with van der Waals surface area (Å²) < 4.78 is 2.26. The summed E-state index contributed by atoms with van der Waals surface area (Å²) >= 11 is 0. The first-order valence-corrected chi connectivity index (χ1v) is 7.48. The third kappa shape index (κ3) is 3.90. The van der Waals surface area contributed by atoms with Crippen molar-refractivity contribution in [2.24, 2.45) is 0 Å². The highest BCUT2D eigenvalue weighted by molar-refractivity contribution is 5.14. The highest BCUT2D eigenvalue weighted by Crippen LogP contribution is 2.17. The Balaban J connectivity index is 2.16. The van der Waals surface area contributed by atoms with Crippen LogP contribution >= 0.6 is 0 Å². The third-order valence-electron chi connectivity index (χ3n) is 3.35. The Kier molecular flexibility index (Phi) is 5.74. The minimum atomic E-state index is 0.263. The lowest BCUT2D eigenvalue weighted by Crippen LogP contribution is -2.27. The first-order valence-electron chi connectivity index (χ1n) is 7.48. The van der Waals surface area contributed by atoms with E-state index in [1.165, 1.54) is 5.56 Å². The fraction of sp³-hybridized carbons (Fsp3) is 0.500. The van der Waals surface area contributed by atoms with Gasteiger partial charge in [0.05, 0.1) is 6.04 Å². The molecule has 0 aliphatic heterocycles. The van der Waals surface area contributed by atoms with Crippen LogP contribution in [-0.2, 0) is 13.0 Å². The maximum Gasteiger partial charge on any atom is 0.126 e. The van der Waals surface area contributed by atoms with Crippen molar-refractivity contribution in [3.8, 4) is 0 Å². The number of hydrogen-bond acceptors (Lipinski definition) is 3. The fourth-order valence-corrected chi connectivity index (χ4v) is 2.39. The summed E-state index contributed by atoms with van der Waals surface area (Å²) in [5.74, 6) is 1.14. The van der Waals surface area contributed by atoms with Crippen LogP contribution in [0.25, 0.3) is 0 Å². The monoisotopic (exact) mass is 272 g/mol. The molecule has 0 fully saturated rings. The molecule has 0 saturated carbocycles. The van der Waals surface area contributed by atoms with Crippen LogP contribution < -0.4 is 5.32 Å². The highest BCUT2D eigenvalue weighted by Gasteiger charge is 2.16. The predicted octanol–water partition coefficient (Wildman–Crippen LogP) is 2.97. The molecule has 2 aromatic heterocycles. The van der Waals surface area contributed by atoms with Crippen molar-refractivity contribution in [3.63, 3.8) is 0 Å². The molecule has 2 rings (SSSR count). The average Bonchev–Trinajstić information content (AvgIpc) is 2.93. The summed E-state index contributed by atoms with van der Waals surface area (Å²) in [5, 5.41) is 3.62. The molecule has 20 heavy (non-hydrogen) atoms. The van der Waals surface area contributed by atoms with Crippen LogP contribution in [-0.4, -0.2) is 21.1 Å². The van der Waals surface area contributed by atoms with Crippen molar-refractivity contribution in [1.82, 2.24) is 19.9 Å². The molecular formula is C16H24N4. The molecule has 0 aromatic carbocycles. The molecule has 2 aromatic rings. The Bertz CT molecular complexity index is 492. The maximum absolute atomic E-state index is 4.57. The summed E-state index contributed by atoms with van der Waals surface area (Å²) in [6, 6.07) is 4.42. The third-order valence-corrected chi connectivity index (χ3v) is 3.35. The summed E-state index contributed by atoms with van der Waals surface area (Å²) in [6.07, 6.45) is 10.9. The minimum absolute atomic E-state index is 0.263. The van der Waals surface area contributed by atoms with Crippen LogP contribution in [0.5, 0.6) is 0 Å². The van der Waals surface area contributed by atoms with E-state index >= 15 is 0 Å². The maximum atomic E-state index is 4.57. The van der Waals surface area contributed by atoms with Gasteiger partial charge in [0.15, 0.2) is 0 Å². The zero-order valence-electron chi connectivity index (χ0n) is 12.4. The van der Waals surface area contributed by atoms with Gasteiger partial charge in [-0.1, -0.05) is 13.8 Å². The van der Waals surface area contributed by atoms with Crippen molar-refractivity contribution in [2.75, 3.05) is 6.54 Å². The number of hydrogen-bond donors (Lipinski definition) is 1. The van der Waals surface area contributed by atoms with Gasteiger partial charge in [-0.3, -0.25) is 4.98 Å². The number of aryl methyl sites for hydroxylation is 1. The van der Waals surface area contributed by atoms with Crippen molar-refractivity contribution in [3.05, 3.63) is 48.3 Å². The van der Waals surface area contributed by atoms with Crippen molar-refractivity contribution in [2.45, 2.75) is 45.7 Å². The van der Waals surface area contributed by atoms with Crippen molar-refractivity contribution in [1.29, 1.82) is 0 Å². The van der Waals surface area contributed by atoms with Gasteiger partial charge in [-0.25, -0.2) is 4.98 Å². The topological polar surface area (TPSA) is 42.7 Å². The molecule has 4 heteroatoms. The van der Waals surface area contributed by atoms with Crippen molar-refractivity contribution < 1.29 is 0 Å². The molecule has 108 valence electrons. The van der Waals surface area contributed by atoms with Crippen LogP contribution in [0.4, 0.5) is 0 Å². The Morgan fingerprint density at radius 2 is 1.95 bits per heavy atom. The molecule has 0 spiro atoms. The van der Waals surface area contributed by atoms with Gasteiger partial charge in [0, 0.05) is 31.3 Å². The van der Waals surface area contributed by atoms with Gasteiger partial charge in [-0.2, -0.15) is 0 Å². The molecule has 1 unspecified atom stereocenters. The number of pyridine rings is 1. The number of rotatable bonds is 8. The van der Waals surface area contributed by atoms with Gasteiger partial charge in [-0.05, 0) is 43.5 Å². The largest absolute Gasteiger partial charge is 0.334 e. The average molecular weight is 272 g/mol. The number of aromatic nitrogens is 3. The highest BCUT2D eigenvalue weighted by atomic mass is 15.1. The van der Waals surface area contributed by atoms with E-state index in [-0.39, 0.29) is 6.04 Å². The molecule has 0 radical (unpaired) electrons. The van der Waals surface area contributed by atoms with Gasteiger partial charge in [-0.15, -0.1) is 0 Å². The zero-order valence-corrected chi connectivity index (χ0v) is 12.4. The summed E-state index contributed by atoms with van der Waals surface area (Å²) in [5.41, 5.74) is 1.29. The standard InChI is InChI=1S/C16H24N4/c1-3-7-18-15(13-14-5-8-17-9-6-14)16-19-10-12-20(16)11-4-2/h5-6,8-10,12,15,18H,3-4,7,11,13H2,1-2H3. The van der Waals surface area contributed by atoms with Crippen LogP contribution in [0.15, 0.2) is 36.9 Å². The smallest absolute Gasteiger partial charge is 0.126 e. The van der Waals surface area contributed by atoms with Gasteiger partial charge >= 0.3 is 0 Å². The van der Waals surface area contributed by atoms with E-state index in [1.807, 2.05) is 18.6 Å². The quantitative estimate of drug-likeness (QED) is 0.803. The van der Waals surface area contributed by atoms with Gasteiger partial charge in [0.1, 0.15) is 5.82 Å². The predicted molar refractivity (Wildman–Crippen MR) is 81.5 cm³/mol. The lowest BCUT2D eigenvalue weighted by Gasteiger charge is -2.19. The molecule has 4 nitrogen and oxygen atoms in total. The Morgan fingerprint density at radius 1 is 1.15 bits per heavy atom. The van der Waals surface area contributed by atoms with E-state index in [0.717, 1.165) is 38.2 Å². The molecule has 0 aliphatic carbocycles. The lowest BCUT2D eigenvalue weighted by atomic mass is 10.1. The Hall–Kier alpha value is -1.68. The lowest BCUT2D eigenvalue weighted by molar-refractivity contribution is 0.475. The molecule has 1 N–H and O–H groups in total. The van der Waals surface area contributed by atoms with E-state index in [2.05, 4.69) is 52.0 Å². The molecule has 0 bridgehead atoms. The van der Waals surface area contributed by atoms with Gasteiger partial charge in [0.25, 0.3) is 0 Å². The summed E-state index contributed by atoms with van der Waals surface area (Å²) in [6.45, 7) is 6.42. The first-order chi connectivity index (χ1) is 9.85. The molecule has 0 amide bonds. The van der Waals surface area contributed by atoms with Crippen LogP contribution in [0.3, 0.4) is 0 Å². The molecule has 2 heterocycles. The fourth-order valence-electron chi connectivity index (χ4n) is 2.39. The number of imidazole rings is 1. The number of nitrogens with zero attached hydrogens (tertiary/aromatic N) is 3. The second kappa shape index (κ2) is 7.80. The van der Waals surface area contributed by atoms with Gasteiger partial charge < -0.3 is 9.88 Å². The second-order valence-electron chi connectivity index (χ2n) is 5.05. The Labute approximate surface area is 121 Å². The Morgan fingerprint density at radius 3 is 2.65 bits per heavy atom. The minimum Gasteiger partial charge on any atom is -0.334 e. The van der Waals surface area contributed by atoms with Crippen molar-refractivity contribution >= 4 is 0 Å². The molecule has 1 atom stereocenters. The normalized spacial score (nSPS) is 12.5. The van der Waals surface area contributed by atoms with Crippen LogP contribution in [0, 0.1) is 0 Å². The second-order valence-corrected chi connectivity index (χ2v) is 5.05. The summed E-state index contributed by atoms with van der Waals surface area (Å²) in [7, 11) is 0. The number of nitrogens with one attached hydrogen (secondary N) is 1. The van der Waals surface area contributed by atoms with E-state index in [9.17, 15) is 0 Å². The zero-order chi connectivity index (χ0) is 14.2. The summed E-state index contributed by atoms with van der Waals surface area (Å²) in [4.78, 5) is 8.65. The van der Waals surface area contributed by atoms with Crippen LogP contribution in [0.1, 0.15) is 44.1 Å². The van der Waals surface area contributed by atoms with Crippen LogP contribution in [0.2, 0.25) is 0 Å². The molecule has 0 saturated heterocycles. The van der Waals surface area contributed by atoms with E-state index in [4.69, 9.17) is 0 Å².